The molecule has 1 amide bonds. The number of hydrazine groups is 1. The van der Waals surface area contributed by atoms with Crippen LogP contribution in [0, 0.1) is 0 Å². The number of carbonyl (C=O) groups is 1. The van der Waals surface area contributed by atoms with Crippen LogP contribution in [-0.2, 0) is 4.79 Å². The number of amides is 1. The highest BCUT2D eigenvalue weighted by Gasteiger charge is 2.27. The lowest BCUT2D eigenvalue weighted by atomic mass is 10.2. The van der Waals surface area contributed by atoms with Crippen LogP contribution >= 0.6 is 0 Å². The van der Waals surface area contributed by atoms with Crippen LogP contribution in [0.5, 0.6) is 11.5 Å². The molecule has 1 aliphatic rings. The lowest BCUT2D eigenvalue weighted by molar-refractivity contribution is -0.131. The van der Waals surface area contributed by atoms with E-state index in [9.17, 15) is 4.79 Å². The number of carbonyl (C=O) groups excluding carboxylic acids is 1. The maximum atomic E-state index is 12.3. The molecule has 0 aliphatic carbocycles. The molecule has 126 valence electrons. The van der Waals surface area contributed by atoms with Gasteiger partial charge in [-0.05, 0) is 24.3 Å². The average molecular weight is 336 g/mol. The summed E-state index contributed by atoms with van der Waals surface area (Å²) in [5, 5.41) is 0.965. The molecule has 2 heterocycles. The topological polar surface area (TPSA) is 72.7 Å². The van der Waals surface area contributed by atoms with Gasteiger partial charge in [0, 0.05) is 5.39 Å². The maximum Gasteiger partial charge on any atom is 0.282 e. The molecule has 1 atom stereocenters. The van der Waals surface area contributed by atoms with E-state index < -0.39 is 6.10 Å². The van der Waals surface area contributed by atoms with Crippen molar-refractivity contribution in [1.82, 2.24) is 10.9 Å². The first kappa shape index (κ1) is 15.1. The predicted octanol–water partition coefficient (Wildman–Crippen LogP) is 2.86. The molecule has 2 N–H and O–H groups in total. The van der Waals surface area contributed by atoms with E-state index in [1.165, 1.54) is 0 Å². The Bertz CT molecular complexity index is 914. The van der Waals surface area contributed by atoms with Crippen molar-refractivity contribution in [1.29, 1.82) is 0 Å². The van der Waals surface area contributed by atoms with Gasteiger partial charge in [0.2, 0.25) is 6.10 Å². The molecule has 0 fully saturated rings. The Labute approximate surface area is 144 Å². The molecule has 3 aromatic rings. The highest BCUT2D eigenvalue weighted by molar-refractivity contribution is 5.84. The van der Waals surface area contributed by atoms with Crippen molar-refractivity contribution >= 4 is 22.6 Å². The third kappa shape index (κ3) is 3.01. The SMILES string of the molecule is C=C(NNC(=O)[C@H]1COc2ccccc2O1)c1cc2ccccc2o1. The molecule has 0 saturated carbocycles. The van der Waals surface area contributed by atoms with Crippen LogP contribution < -0.4 is 20.3 Å². The number of furan rings is 1. The van der Waals surface area contributed by atoms with E-state index in [0.29, 0.717) is 23.0 Å². The van der Waals surface area contributed by atoms with Crippen LogP contribution in [0.1, 0.15) is 5.76 Å². The molecule has 1 aliphatic heterocycles. The number of hydrogen-bond acceptors (Lipinski definition) is 5. The van der Waals surface area contributed by atoms with Crippen molar-refractivity contribution in [3.05, 3.63) is 66.9 Å². The summed E-state index contributed by atoms with van der Waals surface area (Å²) in [5.74, 6) is 1.37. The first-order chi connectivity index (χ1) is 12.2. The van der Waals surface area contributed by atoms with Crippen molar-refractivity contribution in [3.63, 3.8) is 0 Å². The second-order valence-electron chi connectivity index (χ2n) is 5.61. The fourth-order valence-electron chi connectivity index (χ4n) is 2.56. The van der Waals surface area contributed by atoms with E-state index in [-0.39, 0.29) is 12.5 Å². The zero-order valence-electron chi connectivity index (χ0n) is 13.3. The molecular formula is C19H16N2O4. The number of rotatable bonds is 4. The summed E-state index contributed by atoms with van der Waals surface area (Å²) in [7, 11) is 0. The number of benzene rings is 2. The molecule has 0 bridgehead atoms. The molecule has 0 spiro atoms. The van der Waals surface area contributed by atoms with Gasteiger partial charge in [0.25, 0.3) is 5.91 Å². The largest absolute Gasteiger partial charge is 0.485 e. The first-order valence-corrected chi connectivity index (χ1v) is 7.83. The molecule has 0 unspecified atom stereocenters. The molecule has 2 aromatic carbocycles. The summed E-state index contributed by atoms with van der Waals surface area (Å²) < 4.78 is 16.9. The van der Waals surface area contributed by atoms with Crippen LogP contribution in [0.3, 0.4) is 0 Å². The smallest absolute Gasteiger partial charge is 0.282 e. The van der Waals surface area contributed by atoms with E-state index in [2.05, 4.69) is 17.4 Å². The van der Waals surface area contributed by atoms with Crippen LogP contribution in [-0.4, -0.2) is 18.6 Å². The third-order valence-electron chi connectivity index (χ3n) is 3.86. The summed E-state index contributed by atoms with van der Waals surface area (Å²) in [6, 6.07) is 16.7. The van der Waals surface area contributed by atoms with Gasteiger partial charge in [-0.25, -0.2) is 0 Å². The Hall–Kier alpha value is -3.41. The Morgan fingerprint density at radius 3 is 2.64 bits per heavy atom. The van der Waals surface area contributed by atoms with Gasteiger partial charge >= 0.3 is 0 Å². The number of nitrogens with one attached hydrogen (secondary N) is 2. The van der Waals surface area contributed by atoms with Crippen molar-refractivity contribution in [3.8, 4) is 11.5 Å². The zero-order valence-corrected chi connectivity index (χ0v) is 13.3. The summed E-state index contributed by atoms with van der Waals surface area (Å²) >= 11 is 0. The Morgan fingerprint density at radius 1 is 1.04 bits per heavy atom. The molecule has 0 radical (unpaired) electrons. The zero-order chi connectivity index (χ0) is 17.2. The van der Waals surface area contributed by atoms with Gasteiger partial charge in [-0.15, -0.1) is 0 Å². The Morgan fingerprint density at radius 2 is 1.80 bits per heavy atom. The van der Waals surface area contributed by atoms with Crippen LogP contribution in [0.15, 0.2) is 65.6 Å². The van der Waals surface area contributed by atoms with Gasteiger partial charge in [-0.2, -0.15) is 0 Å². The quantitative estimate of drug-likeness (QED) is 0.717. The second-order valence-corrected chi connectivity index (χ2v) is 5.61. The minimum absolute atomic E-state index is 0.141. The number of fused-ring (bicyclic) bond motifs is 2. The van der Waals surface area contributed by atoms with Crippen molar-refractivity contribution in [2.24, 2.45) is 0 Å². The molecule has 0 saturated heterocycles. The molecule has 25 heavy (non-hydrogen) atoms. The van der Waals surface area contributed by atoms with E-state index in [4.69, 9.17) is 13.9 Å². The number of para-hydroxylation sites is 3. The minimum Gasteiger partial charge on any atom is -0.485 e. The fourth-order valence-corrected chi connectivity index (χ4v) is 2.56. The summed E-state index contributed by atoms with van der Waals surface area (Å²) in [6.45, 7) is 4.02. The summed E-state index contributed by atoms with van der Waals surface area (Å²) in [5.41, 5.74) is 6.53. The predicted molar refractivity (Wildman–Crippen MR) is 92.9 cm³/mol. The first-order valence-electron chi connectivity index (χ1n) is 7.83. The average Bonchev–Trinajstić information content (AvgIpc) is 3.09. The molecule has 6 nitrogen and oxygen atoms in total. The van der Waals surface area contributed by atoms with E-state index >= 15 is 0 Å². The van der Waals surface area contributed by atoms with Crippen LogP contribution in [0.25, 0.3) is 16.7 Å². The Balaban J connectivity index is 1.38. The minimum atomic E-state index is -0.745. The second kappa shape index (κ2) is 6.24. The van der Waals surface area contributed by atoms with Crippen molar-refractivity contribution in [2.45, 2.75) is 6.10 Å². The monoisotopic (exact) mass is 336 g/mol. The van der Waals surface area contributed by atoms with Gasteiger partial charge in [-0.3, -0.25) is 15.6 Å². The Kier molecular flexibility index (Phi) is 3.78. The van der Waals surface area contributed by atoms with Gasteiger partial charge in [0.1, 0.15) is 12.2 Å². The van der Waals surface area contributed by atoms with E-state index in [1.807, 2.05) is 42.5 Å². The highest BCUT2D eigenvalue weighted by Crippen LogP contribution is 2.30. The molecular weight excluding hydrogens is 320 g/mol. The molecule has 4 rings (SSSR count). The van der Waals surface area contributed by atoms with Gasteiger partial charge in [0.05, 0.1) is 5.70 Å². The van der Waals surface area contributed by atoms with Crippen LogP contribution in [0.4, 0.5) is 0 Å². The number of hydrogen-bond donors (Lipinski definition) is 2. The van der Waals surface area contributed by atoms with Crippen molar-refractivity contribution < 1.29 is 18.7 Å². The standard InChI is InChI=1S/C19H16N2O4/c1-12(17-10-13-6-2-3-7-14(13)24-17)20-21-19(22)18-11-23-15-8-4-5-9-16(15)25-18/h2-10,18,20H,1,11H2,(H,21,22)/t18-/m1/s1. The fraction of sp³-hybridized carbons (Fsp3) is 0.105. The van der Waals surface area contributed by atoms with Crippen molar-refractivity contribution in [2.75, 3.05) is 6.61 Å². The lowest BCUT2D eigenvalue weighted by Crippen LogP contribution is -2.48. The maximum absolute atomic E-state index is 12.3. The molecule has 1 aromatic heterocycles. The van der Waals surface area contributed by atoms with Crippen LogP contribution in [0.2, 0.25) is 0 Å². The van der Waals surface area contributed by atoms with Gasteiger partial charge in [0.15, 0.2) is 17.3 Å². The van der Waals surface area contributed by atoms with Gasteiger partial charge < -0.3 is 13.9 Å². The summed E-state index contributed by atoms with van der Waals surface area (Å²) in [6.07, 6.45) is -0.745. The summed E-state index contributed by atoms with van der Waals surface area (Å²) in [4.78, 5) is 12.3. The lowest BCUT2D eigenvalue weighted by Gasteiger charge is -2.25. The highest BCUT2D eigenvalue weighted by atomic mass is 16.6. The number of ether oxygens (including phenoxy) is 2. The third-order valence-corrected chi connectivity index (χ3v) is 3.86. The van der Waals surface area contributed by atoms with E-state index in [0.717, 1.165) is 11.0 Å². The normalized spacial score (nSPS) is 15.6. The molecule has 6 heteroatoms. The van der Waals surface area contributed by atoms with E-state index in [1.54, 1.807) is 12.1 Å². The van der Waals surface area contributed by atoms with Gasteiger partial charge in [-0.1, -0.05) is 36.9 Å².